The average molecular weight is 309 g/mol. The lowest BCUT2D eigenvalue weighted by Gasteiger charge is -2.03. The number of aromatic amines is 1. The summed E-state index contributed by atoms with van der Waals surface area (Å²) in [6, 6.07) is 17.7. The first kappa shape index (κ1) is 15.0. The molecule has 3 nitrogen and oxygen atoms in total. The van der Waals surface area contributed by atoms with Crippen LogP contribution in [0.4, 0.5) is 4.39 Å². The zero-order valence-electron chi connectivity index (χ0n) is 12.7. The minimum Gasteiger partial charge on any atom is -0.461 e. The number of carbonyl (C=O) groups excluding carboxylic acids is 1. The molecule has 0 spiro atoms. The van der Waals surface area contributed by atoms with Gasteiger partial charge in [-0.15, -0.1) is 0 Å². The topological polar surface area (TPSA) is 42.1 Å². The predicted molar refractivity (Wildman–Crippen MR) is 87.6 cm³/mol. The number of benzene rings is 2. The third-order valence-corrected chi connectivity index (χ3v) is 3.55. The highest BCUT2D eigenvalue weighted by atomic mass is 19.1. The summed E-state index contributed by atoms with van der Waals surface area (Å²) in [4.78, 5) is 15.2. The van der Waals surface area contributed by atoms with Gasteiger partial charge in [0.1, 0.15) is 11.5 Å². The Hall–Kier alpha value is -2.88. The van der Waals surface area contributed by atoms with Crippen LogP contribution in [0.1, 0.15) is 17.4 Å². The quantitative estimate of drug-likeness (QED) is 0.712. The Bertz CT molecular complexity index is 824. The highest BCUT2D eigenvalue weighted by Gasteiger charge is 2.19. The third-order valence-electron chi connectivity index (χ3n) is 3.55. The summed E-state index contributed by atoms with van der Waals surface area (Å²) in [7, 11) is 0. The molecule has 1 heterocycles. The molecule has 3 rings (SSSR count). The van der Waals surface area contributed by atoms with Gasteiger partial charge in [-0.1, -0.05) is 42.5 Å². The van der Waals surface area contributed by atoms with Crippen LogP contribution < -0.4 is 0 Å². The van der Waals surface area contributed by atoms with E-state index in [1.54, 1.807) is 31.2 Å². The van der Waals surface area contributed by atoms with Crippen LogP contribution >= 0.6 is 0 Å². The number of H-pyrrole nitrogens is 1. The van der Waals surface area contributed by atoms with Crippen LogP contribution in [0.3, 0.4) is 0 Å². The summed E-state index contributed by atoms with van der Waals surface area (Å²) in [5.41, 5.74) is 2.86. The number of carbonyl (C=O) groups is 1. The molecule has 0 aliphatic carbocycles. The number of aromatic nitrogens is 1. The Kier molecular flexibility index (Phi) is 4.24. The molecule has 2 aromatic carbocycles. The molecule has 4 heteroatoms. The zero-order chi connectivity index (χ0) is 16.2. The Morgan fingerprint density at radius 2 is 1.74 bits per heavy atom. The van der Waals surface area contributed by atoms with Gasteiger partial charge < -0.3 is 9.72 Å². The first-order chi connectivity index (χ1) is 11.2. The Labute approximate surface area is 133 Å². The van der Waals surface area contributed by atoms with E-state index < -0.39 is 5.97 Å². The highest BCUT2D eigenvalue weighted by Crippen LogP contribution is 2.31. The number of esters is 1. The molecule has 23 heavy (non-hydrogen) atoms. The van der Waals surface area contributed by atoms with Gasteiger partial charge in [0, 0.05) is 16.8 Å². The number of hydrogen-bond acceptors (Lipinski definition) is 2. The van der Waals surface area contributed by atoms with Gasteiger partial charge in [0.25, 0.3) is 0 Å². The lowest BCUT2D eigenvalue weighted by Crippen LogP contribution is -2.06. The summed E-state index contributed by atoms with van der Waals surface area (Å²) in [6.07, 6.45) is 0. The van der Waals surface area contributed by atoms with Crippen LogP contribution in [0, 0.1) is 5.82 Å². The molecular formula is C19H16FNO2. The van der Waals surface area contributed by atoms with Crippen molar-refractivity contribution in [1.82, 2.24) is 4.98 Å². The predicted octanol–water partition coefficient (Wildman–Crippen LogP) is 4.66. The fourth-order valence-electron chi connectivity index (χ4n) is 2.49. The molecule has 0 unspecified atom stereocenters. The Morgan fingerprint density at radius 1 is 1.04 bits per heavy atom. The first-order valence-corrected chi connectivity index (χ1v) is 7.41. The van der Waals surface area contributed by atoms with Crippen LogP contribution in [0.2, 0.25) is 0 Å². The highest BCUT2D eigenvalue weighted by molar-refractivity contribution is 5.97. The van der Waals surface area contributed by atoms with Crippen LogP contribution in [-0.2, 0) is 4.74 Å². The van der Waals surface area contributed by atoms with Gasteiger partial charge in [-0.2, -0.15) is 0 Å². The maximum Gasteiger partial charge on any atom is 0.355 e. The second-order valence-corrected chi connectivity index (χ2v) is 5.04. The van der Waals surface area contributed by atoms with Crippen LogP contribution in [0.15, 0.2) is 60.7 Å². The fraction of sp³-hybridized carbons (Fsp3) is 0.105. The molecule has 0 radical (unpaired) electrons. The van der Waals surface area contributed by atoms with E-state index in [4.69, 9.17) is 4.74 Å². The van der Waals surface area contributed by atoms with Gasteiger partial charge in [-0.3, -0.25) is 0 Å². The fourth-order valence-corrected chi connectivity index (χ4v) is 2.49. The van der Waals surface area contributed by atoms with Crippen molar-refractivity contribution in [1.29, 1.82) is 0 Å². The molecule has 1 N–H and O–H groups in total. The van der Waals surface area contributed by atoms with E-state index in [9.17, 15) is 9.18 Å². The first-order valence-electron chi connectivity index (χ1n) is 7.41. The minimum absolute atomic E-state index is 0.279. The van der Waals surface area contributed by atoms with Gasteiger partial charge in [0.2, 0.25) is 0 Å². The molecule has 0 aliphatic rings. The Morgan fingerprint density at radius 3 is 2.43 bits per heavy atom. The van der Waals surface area contributed by atoms with Crippen LogP contribution in [0.5, 0.6) is 0 Å². The molecule has 0 amide bonds. The molecule has 1 aromatic heterocycles. The molecule has 0 aliphatic heterocycles. The summed E-state index contributed by atoms with van der Waals surface area (Å²) < 4.78 is 19.1. The van der Waals surface area contributed by atoms with Gasteiger partial charge in [0.05, 0.1) is 6.61 Å². The van der Waals surface area contributed by atoms with Crippen molar-refractivity contribution in [2.24, 2.45) is 0 Å². The number of ether oxygens (including phenoxy) is 1. The molecule has 3 aromatic rings. The molecule has 116 valence electrons. The summed E-state index contributed by atoms with van der Waals surface area (Å²) in [5.74, 6) is -0.794. The summed E-state index contributed by atoms with van der Waals surface area (Å²) in [6.45, 7) is 2.03. The standard InChI is InChI=1S/C19H16FNO2/c1-2-23-19(22)18-15(13-8-4-3-5-9-13)12-17(21-18)14-10-6-7-11-16(14)20/h3-12,21H,2H2,1H3. The Balaban J connectivity index is 2.14. The van der Waals surface area contributed by atoms with Gasteiger partial charge in [-0.05, 0) is 30.7 Å². The van der Waals surface area contributed by atoms with E-state index in [2.05, 4.69) is 4.98 Å². The van der Waals surface area contributed by atoms with Crippen molar-refractivity contribution in [3.63, 3.8) is 0 Å². The number of hydrogen-bond donors (Lipinski definition) is 1. The minimum atomic E-state index is -0.450. The second-order valence-electron chi connectivity index (χ2n) is 5.04. The average Bonchev–Trinajstić information content (AvgIpc) is 3.01. The smallest absolute Gasteiger partial charge is 0.355 e. The van der Waals surface area contributed by atoms with E-state index >= 15 is 0 Å². The molecule has 0 bridgehead atoms. The van der Waals surface area contributed by atoms with Gasteiger partial charge >= 0.3 is 5.97 Å². The normalized spacial score (nSPS) is 10.5. The molecule has 0 fully saturated rings. The molecule has 0 saturated heterocycles. The number of nitrogens with one attached hydrogen (secondary N) is 1. The van der Waals surface area contributed by atoms with Gasteiger partial charge in [0.15, 0.2) is 0 Å². The van der Waals surface area contributed by atoms with Crippen molar-refractivity contribution in [3.8, 4) is 22.4 Å². The van der Waals surface area contributed by atoms with E-state index in [-0.39, 0.29) is 12.4 Å². The number of rotatable bonds is 4. The van der Waals surface area contributed by atoms with Crippen LogP contribution in [-0.4, -0.2) is 17.6 Å². The lowest BCUT2D eigenvalue weighted by molar-refractivity contribution is 0.0521. The molecule has 0 saturated carbocycles. The maximum atomic E-state index is 14.0. The van der Waals surface area contributed by atoms with E-state index in [1.165, 1.54) is 6.07 Å². The maximum absolute atomic E-state index is 14.0. The van der Waals surface area contributed by atoms with Crippen molar-refractivity contribution in [2.45, 2.75) is 6.92 Å². The second kappa shape index (κ2) is 6.48. The van der Waals surface area contributed by atoms with E-state index in [0.717, 1.165) is 5.56 Å². The van der Waals surface area contributed by atoms with Crippen molar-refractivity contribution < 1.29 is 13.9 Å². The zero-order valence-corrected chi connectivity index (χ0v) is 12.7. The van der Waals surface area contributed by atoms with Crippen molar-refractivity contribution in [2.75, 3.05) is 6.61 Å². The SMILES string of the molecule is CCOC(=O)c1[nH]c(-c2ccccc2F)cc1-c1ccccc1. The summed E-state index contributed by atoms with van der Waals surface area (Å²) in [5, 5.41) is 0. The lowest BCUT2D eigenvalue weighted by atomic mass is 10.0. The monoisotopic (exact) mass is 309 g/mol. The molecule has 0 atom stereocenters. The molecular weight excluding hydrogens is 293 g/mol. The third kappa shape index (κ3) is 3.01. The van der Waals surface area contributed by atoms with E-state index in [0.29, 0.717) is 22.5 Å². The van der Waals surface area contributed by atoms with Gasteiger partial charge in [-0.25, -0.2) is 9.18 Å². The van der Waals surface area contributed by atoms with E-state index in [1.807, 2.05) is 30.3 Å². The number of halogens is 1. The summed E-state index contributed by atoms with van der Waals surface area (Å²) >= 11 is 0. The van der Waals surface area contributed by atoms with Crippen molar-refractivity contribution >= 4 is 5.97 Å². The van der Waals surface area contributed by atoms with Crippen molar-refractivity contribution in [3.05, 3.63) is 72.2 Å². The largest absolute Gasteiger partial charge is 0.461 e. The van der Waals surface area contributed by atoms with Crippen LogP contribution in [0.25, 0.3) is 22.4 Å².